The lowest BCUT2D eigenvalue weighted by atomic mass is 10.2. The van der Waals surface area contributed by atoms with Crippen molar-refractivity contribution in [3.05, 3.63) is 0 Å². The molecule has 1 unspecified atom stereocenters. The molecule has 2 N–H and O–H groups in total. The molecule has 82 valence electrons. The summed E-state index contributed by atoms with van der Waals surface area (Å²) in [6, 6.07) is 0.173. The molecule has 1 aliphatic heterocycles. The molecular formula is C10H21N3O. The van der Waals surface area contributed by atoms with Crippen molar-refractivity contribution in [2.45, 2.75) is 39.2 Å². The van der Waals surface area contributed by atoms with Crippen molar-refractivity contribution in [2.75, 3.05) is 19.6 Å². The molecule has 1 saturated heterocycles. The van der Waals surface area contributed by atoms with Gasteiger partial charge in [-0.2, -0.15) is 0 Å². The van der Waals surface area contributed by atoms with Crippen molar-refractivity contribution in [3.8, 4) is 0 Å². The van der Waals surface area contributed by atoms with Gasteiger partial charge in [0.05, 0.1) is 0 Å². The highest BCUT2D eigenvalue weighted by atomic mass is 16.2. The highest BCUT2D eigenvalue weighted by Gasteiger charge is 2.27. The van der Waals surface area contributed by atoms with E-state index in [2.05, 4.69) is 11.9 Å². The molecule has 1 heterocycles. The zero-order valence-electron chi connectivity index (χ0n) is 9.20. The van der Waals surface area contributed by atoms with Gasteiger partial charge in [-0.05, 0) is 19.8 Å². The van der Waals surface area contributed by atoms with Crippen LogP contribution in [0.3, 0.4) is 0 Å². The van der Waals surface area contributed by atoms with E-state index in [0.29, 0.717) is 6.42 Å². The van der Waals surface area contributed by atoms with Crippen molar-refractivity contribution in [1.82, 2.24) is 10.0 Å². The minimum absolute atomic E-state index is 0.173. The Hall–Kier alpha value is -0.610. The molecule has 0 aromatic rings. The Balaban J connectivity index is 2.41. The average molecular weight is 199 g/mol. The van der Waals surface area contributed by atoms with Crippen molar-refractivity contribution in [3.63, 3.8) is 0 Å². The molecule has 0 saturated carbocycles. The van der Waals surface area contributed by atoms with Gasteiger partial charge in [0.25, 0.3) is 0 Å². The molecule has 0 spiro atoms. The third kappa shape index (κ3) is 2.96. The Morgan fingerprint density at radius 2 is 2.21 bits per heavy atom. The molecule has 1 rings (SSSR count). The Labute approximate surface area is 86.0 Å². The van der Waals surface area contributed by atoms with Crippen molar-refractivity contribution in [1.29, 1.82) is 0 Å². The van der Waals surface area contributed by atoms with Gasteiger partial charge in [-0.3, -0.25) is 9.80 Å². The first-order valence-corrected chi connectivity index (χ1v) is 5.46. The molecule has 1 aliphatic rings. The lowest BCUT2D eigenvalue weighted by Crippen LogP contribution is -2.41. The van der Waals surface area contributed by atoms with E-state index >= 15 is 0 Å². The Bertz CT molecular complexity index is 194. The summed E-state index contributed by atoms with van der Waals surface area (Å²) in [5.41, 5.74) is 5.68. The van der Waals surface area contributed by atoms with E-state index in [1.807, 2.05) is 11.9 Å². The van der Waals surface area contributed by atoms with Crippen LogP contribution in [0.2, 0.25) is 0 Å². The standard InChI is InChI=1S/C10H21N3O/c1-3-6-12-7-5-10(14)13(12)8-4-9(2)11/h9H,3-8,11H2,1-2H3. The van der Waals surface area contributed by atoms with Crippen LogP contribution in [0.1, 0.15) is 33.1 Å². The molecule has 14 heavy (non-hydrogen) atoms. The summed E-state index contributed by atoms with van der Waals surface area (Å²) in [4.78, 5) is 11.5. The summed E-state index contributed by atoms with van der Waals surface area (Å²) in [5.74, 6) is 0.249. The number of hydrazine groups is 1. The minimum Gasteiger partial charge on any atom is -0.328 e. The van der Waals surface area contributed by atoms with Gasteiger partial charge in [-0.1, -0.05) is 6.92 Å². The Kier molecular flexibility index (Phi) is 4.35. The monoisotopic (exact) mass is 199 g/mol. The summed E-state index contributed by atoms with van der Waals surface area (Å²) in [7, 11) is 0. The van der Waals surface area contributed by atoms with Crippen molar-refractivity contribution >= 4 is 5.91 Å². The normalized spacial score (nSPS) is 20.5. The second-order valence-corrected chi connectivity index (χ2v) is 3.99. The van der Waals surface area contributed by atoms with E-state index in [0.717, 1.165) is 32.5 Å². The second-order valence-electron chi connectivity index (χ2n) is 3.99. The van der Waals surface area contributed by atoms with Crippen molar-refractivity contribution < 1.29 is 4.79 Å². The van der Waals surface area contributed by atoms with E-state index in [9.17, 15) is 4.79 Å². The zero-order chi connectivity index (χ0) is 10.6. The largest absolute Gasteiger partial charge is 0.328 e. The van der Waals surface area contributed by atoms with Crippen LogP contribution in [-0.4, -0.2) is 41.6 Å². The maximum atomic E-state index is 11.5. The van der Waals surface area contributed by atoms with Crippen LogP contribution in [0.5, 0.6) is 0 Å². The maximum absolute atomic E-state index is 11.5. The SMILES string of the molecule is CCCN1CCC(=O)N1CCC(C)N. The third-order valence-corrected chi connectivity index (χ3v) is 2.49. The molecule has 0 aromatic carbocycles. The smallest absolute Gasteiger partial charge is 0.238 e. The molecule has 1 atom stereocenters. The predicted octanol–water partition coefficient (Wildman–Crippen LogP) is 0.583. The number of hydrogen-bond acceptors (Lipinski definition) is 3. The van der Waals surface area contributed by atoms with Crippen LogP contribution < -0.4 is 5.73 Å². The Morgan fingerprint density at radius 3 is 2.79 bits per heavy atom. The topological polar surface area (TPSA) is 49.6 Å². The highest BCUT2D eigenvalue weighted by molar-refractivity contribution is 5.77. The number of carbonyl (C=O) groups excluding carboxylic acids is 1. The van der Waals surface area contributed by atoms with Crippen LogP contribution in [0.25, 0.3) is 0 Å². The predicted molar refractivity (Wildman–Crippen MR) is 56.5 cm³/mol. The van der Waals surface area contributed by atoms with Gasteiger partial charge in [0, 0.05) is 32.1 Å². The first-order chi connectivity index (χ1) is 6.65. The molecule has 0 radical (unpaired) electrons. The van der Waals surface area contributed by atoms with E-state index in [1.165, 1.54) is 0 Å². The van der Waals surface area contributed by atoms with Gasteiger partial charge < -0.3 is 5.73 Å². The number of amides is 1. The quantitative estimate of drug-likeness (QED) is 0.704. The van der Waals surface area contributed by atoms with Crippen molar-refractivity contribution in [2.24, 2.45) is 5.73 Å². The second kappa shape index (κ2) is 5.32. The minimum atomic E-state index is 0.173. The molecule has 0 aliphatic carbocycles. The molecule has 0 aromatic heterocycles. The summed E-state index contributed by atoms with van der Waals surface area (Å²) in [6.45, 7) is 6.74. The maximum Gasteiger partial charge on any atom is 0.238 e. The summed E-state index contributed by atoms with van der Waals surface area (Å²) < 4.78 is 0. The molecule has 4 nitrogen and oxygen atoms in total. The molecule has 1 amide bonds. The fourth-order valence-electron chi connectivity index (χ4n) is 1.71. The van der Waals surface area contributed by atoms with Gasteiger partial charge in [-0.15, -0.1) is 0 Å². The Morgan fingerprint density at radius 1 is 1.50 bits per heavy atom. The molecule has 4 heteroatoms. The van der Waals surface area contributed by atoms with Crippen LogP contribution in [-0.2, 0) is 4.79 Å². The van der Waals surface area contributed by atoms with Crippen LogP contribution in [0, 0.1) is 0 Å². The van der Waals surface area contributed by atoms with E-state index in [1.54, 1.807) is 0 Å². The first-order valence-electron chi connectivity index (χ1n) is 5.46. The lowest BCUT2D eigenvalue weighted by Gasteiger charge is -2.28. The fraction of sp³-hybridized carbons (Fsp3) is 0.900. The third-order valence-electron chi connectivity index (χ3n) is 2.49. The fourth-order valence-corrected chi connectivity index (χ4v) is 1.71. The van der Waals surface area contributed by atoms with Gasteiger partial charge in [0.15, 0.2) is 0 Å². The number of carbonyl (C=O) groups is 1. The van der Waals surface area contributed by atoms with Crippen LogP contribution >= 0.6 is 0 Å². The lowest BCUT2D eigenvalue weighted by molar-refractivity contribution is -0.138. The zero-order valence-corrected chi connectivity index (χ0v) is 9.20. The van der Waals surface area contributed by atoms with Gasteiger partial charge in [0.2, 0.25) is 5.91 Å². The average Bonchev–Trinajstić information content (AvgIpc) is 2.45. The first kappa shape index (κ1) is 11.5. The molecule has 1 fully saturated rings. The van der Waals surface area contributed by atoms with Gasteiger partial charge in [-0.25, -0.2) is 5.01 Å². The van der Waals surface area contributed by atoms with Gasteiger partial charge in [0.1, 0.15) is 0 Å². The number of rotatable bonds is 5. The van der Waals surface area contributed by atoms with Crippen LogP contribution in [0.4, 0.5) is 0 Å². The number of nitrogens with two attached hydrogens (primary N) is 1. The summed E-state index contributed by atoms with van der Waals surface area (Å²) in [5, 5.41) is 4.01. The highest BCUT2D eigenvalue weighted by Crippen LogP contribution is 2.13. The van der Waals surface area contributed by atoms with E-state index in [-0.39, 0.29) is 11.9 Å². The molecule has 0 bridgehead atoms. The summed E-state index contributed by atoms with van der Waals surface area (Å²) >= 11 is 0. The summed E-state index contributed by atoms with van der Waals surface area (Å²) in [6.07, 6.45) is 2.63. The number of nitrogens with zero attached hydrogens (tertiary/aromatic N) is 2. The van der Waals surface area contributed by atoms with Gasteiger partial charge >= 0.3 is 0 Å². The van der Waals surface area contributed by atoms with Crippen LogP contribution in [0.15, 0.2) is 0 Å². The van der Waals surface area contributed by atoms with E-state index < -0.39 is 0 Å². The number of hydrogen-bond donors (Lipinski definition) is 1. The van der Waals surface area contributed by atoms with E-state index in [4.69, 9.17) is 5.73 Å². The molecular weight excluding hydrogens is 178 g/mol.